The fraction of sp³-hybridized carbons (Fsp3) is 0.231. The third kappa shape index (κ3) is 2.34. The van der Waals surface area contributed by atoms with Crippen molar-refractivity contribution in [2.24, 2.45) is 0 Å². The molecule has 0 aliphatic carbocycles. The highest BCUT2D eigenvalue weighted by molar-refractivity contribution is 5.88. The smallest absolute Gasteiger partial charge is 0.337 e. The molecule has 0 atom stereocenters. The molecule has 94 valence electrons. The second-order valence-electron chi connectivity index (χ2n) is 4.05. The van der Waals surface area contributed by atoms with Crippen LogP contribution in [0.25, 0.3) is 0 Å². The van der Waals surface area contributed by atoms with Crippen LogP contribution in [0, 0.1) is 6.92 Å². The molecule has 1 N–H and O–H groups in total. The van der Waals surface area contributed by atoms with Crippen molar-refractivity contribution in [3.63, 3.8) is 0 Å². The van der Waals surface area contributed by atoms with Crippen LogP contribution in [0.4, 0.5) is 0 Å². The second-order valence-corrected chi connectivity index (χ2v) is 4.05. The van der Waals surface area contributed by atoms with Crippen molar-refractivity contribution < 1.29 is 9.90 Å². The molecule has 2 rings (SSSR count). The summed E-state index contributed by atoms with van der Waals surface area (Å²) in [6.45, 7) is 2.86. The summed E-state index contributed by atoms with van der Waals surface area (Å²) >= 11 is 0. The average Bonchev–Trinajstić information content (AvgIpc) is 2.70. The van der Waals surface area contributed by atoms with E-state index in [2.05, 4.69) is 0 Å². The molecular formula is C13H14N2O3. The molecule has 5 nitrogen and oxygen atoms in total. The highest BCUT2D eigenvalue weighted by Gasteiger charge is 2.10. The first kappa shape index (κ1) is 12.2. The minimum absolute atomic E-state index is 0.0548. The number of nitrogens with zero attached hydrogens (tertiary/aromatic N) is 2. The molecule has 0 saturated heterocycles. The first-order valence-electron chi connectivity index (χ1n) is 5.64. The summed E-state index contributed by atoms with van der Waals surface area (Å²) in [5.74, 6) is -0.928. The highest BCUT2D eigenvalue weighted by Crippen LogP contribution is 2.09. The van der Waals surface area contributed by atoms with Crippen LogP contribution >= 0.6 is 0 Å². The largest absolute Gasteiger partial charge is 0.478 e. The van der Waals surface area contributed by atoms with Gasteiger partial charge in [-0.3, -0.25) is 4.79 Å². The maximum Gasteiger partial charge on any atom is 0.337 e. The van der Waals surface area contributed by atoms with E-state index < -0.39 is 5.97 Å². The minimum Gasteiger partial charge on any atom is -0.478 e. The van der Waals surface area contributed by atoms with Gasteiger partial charge in [0.2, 0.25) is 0 Å². The van der Waals surface area contributed by atoms with Crippen LogP contribution < -0.4 is 5.56 Å². The van der Waals surface area contributed by atoms with Gasteiger partial charge in [-0.2, -0.15) is 0 Å². The molecule has 2 aromatic rings. The molecule has 0 fully saturated rings. The maximum absolute atomic E-state index is 11.5. The van der Waals surface area contributed by atoms with E-state index >= 15 is 0 Å². The van der Waals surface area contributed by atoms with Crippen LogP contribution in [0.3, 0.4) is 0 Å². The molecule has 0 aliphatic rings. The Morgan fingerprint density at radius 3 is 2.50 bits per heavy atom. The Balaban J connectivity index is 2.14. The topological polar surface area (TPSA) is 64.2 Å². The molecule has 0 saturated carbocycles. The van der Waals surface area contributed by atoms with Crippen LogP contribution in [-0.4, -0.2) is 20.2 Å². The van der Waals surface area contributed by atoms with Gasteiger partial charge in [-0.05, 0) is 19.1 Å². The number of hydrogen-bond donors (Lipinski definition) is 1. The van der Waals surface area contributed by atoms with Gasteiger partial charge in [0.05, 0.1) is 5.56 Å². The van der Waals surface area contributed by atoms with Crippen LogP contribution in [0.15, 0.2) is 41.5 Å². The fourth-order valence-corrected chi connectivity index (χ4v) is 1.88. The number of carbonyl (C=O) groups is 1. The van der Waals surface area contributed by atoms with E-state index in [0.717, 1.165) is 0 Å². The van der Waals surface area contributed by atoms with Crippen molar-refractivity contribution in [1.29, 1.82) is 0 Å². The van der Waals surface area contributed by atoms with Crippen LogP contribution in [0.2, 0.25) is 0 Å². The number of carboxylic acids is 1. The molecule has 0 aliphatic heterocycles. The normalized spacial score (nSPS) is 10.5. The molecule has 2 heterocycles. The molecule has 0 radical (unpaired) electrons. The van der Waals surface area contributed by atoms with Gasteiger partial charge >= 0.3 is 5.97 Å². The summed E-state index contributed by atoms with van der Waals surface area (Å²) < 4.78 is 3.43. The lowest BCUT2D eigenvalue weighted by Gasteiger charge is -2.08. The second kappa shape index (κ2) is 4.91. The number of hydrogen-bond acceptors (Lipinski definition) is 2. The van der Waals surface area contributed by atoms with E-state index in [1.54, 1.807) is 42.1 Å². The zero-order valence-corrected chi connectivity index (χ0v) is 10.0. The lowest BCUT2D eigenvalue weighted by Crippen LogP contribution is -2.20. The molecule has 18 heavy (non-hydrogen) atoms. The van der Waals surface area contributed by atoms with E-state index in [9.17, 15) is 9.59 Å². The standard InChI is InChI=1S/C13H14N2O3/c1-10-11(13(17)18)5-7-14(10)8-9-15-6-3-2-4-12(15)16/h2-7H,8-9H2,1H3,(H,17,18). The molecule has 0 aromatic carbocycles. The first-order valence-corrected chi connectivity index (χ1v) is 5.64. The Morgan fingerprint density at radius 2 is 1.89 bits per heavy atom. The van der Waals surface area contributed by atoms with Crippen molar-refractivity contribution in [3.05, 3.63) is 58.3 Å². The van der Waals surface area contributed by atoms with Crippen molar-refractivity contribution in [1.82, 2.24) is 9.13 Å². The van der Waals surface area contributed by atoms with Crippen molar-refractivity contribution in [3.8, 4) is 0 Å². The third-order valence-electron chi connectivity index (χ3n) is 2.95. The lowest BCUT2D eigenvalue weighted by atomic mass is 10.2. The van der Waals surface area contributed by atoms with E-state index in [1.807, 2.05) is 4.57 Å². The van der Waals surface area contributed by atoms with Gasteiger partial charge in [-0.15, -0.1) is 0 Å². The lowest BCUT2D eigenvalue weighted by molar-refractivity contribution is 0.0696. The van der Waals surface area contributed by atoms with Gasteiger partial charge < -0.3 is 14.2 Å². The maximum atomic E-state index is 11.5. The Labute approximate surface area is 104 Å². The van der Waals surface area contributed by atoms with E-state index in [4.69, 9.17) is 5.11 Å². The number of carboxylic acid groups (broad SMARTS) is 1. The summed E-state index contributed by atoms with van der Waals surface area (Å²) in [6.07, 6.45) is 3.45. The molecule has 0 spiro atoms. The SMILES string of the molecule is Cc1c(C(=O)O)ccn1CCn1ccccc1=O. The Morgan fingerprint density at radius 1 is 1.17 bits per heavy atom. The minimum atomic E-state index is -0.928. The van der Waals surface area contributed by atoms with Crippen molar-refractivity contribution >= 4 is 5.97 Å². The van der Waals surface area contributed by atoms with E-state index in [1.165, 1.54) is 6.07 Å². The third-order valence-corrected chi connectivity index (χ3v) is 2.95. The first-order chi connectivity index (χ1) is 8.59. The van der Waals surface area contributed by atoms with Crippen LogP contribution in [-0.2, 0) is 13.1 Å². The van der Waals surface area contributed by atoms with E-state index in [-0.39, 0.29) is 5.56 Å². The molecule has 0 amide bonds. The summed E-state index contributed by atoms with van der Waals surface area (Å²) in [5, 5.41) is 8.94. The van der Waals surface area contributed by atoms with Gasteiger partial charge in [0.25, 0.3) is 5.56 Å². The van der Waals surface area contributed by atoms with Gasteiger partial charge in [0, 0.05) is 37.2 Å². The van der Waals surface area contributed by atoms with Crippen molar-refractivity contribution in [2.45, 2.75) is 20.0 Å². The summed E-state index contributed by atoms with van der Waals surface area (Å²) in [7, 11) is 0. The Kier molecular flexibility index (Phi) is 3.32. The molecular weight excluding hydrogens is 232 g/mol. The number of pyridine rings is 1. The van der Waals surface area contributed by atoms with Crippen LogP contribution in [0.5, 0.6) is 0 Å². The Bertz CT molecular complexity index is 625. The number of aromatic carboxylic acids is 1. The zero-order valence-electron chi connectivity index (χ0n) is 10.0. The van der Waals surface area contributed by atoms with Gasteiger partial charge in [0.15, 0.2) is 0 Å². The summed E-state index contributed by atoms with van der Waals surface area (Å²) in [5.41, 5.74) is 0.947. The van der Waals surface area contributed by atoms with E-state index in [0.29, 0.717) is 24.3 Å². The quantitative estimate of drug-likeness (QED) is 0.885. The van der Waals surface area contributed by atoms with Gasteiger partial charge in [-0.25, -0.2) is 4.79 Å². The summed E-state index contributed by atoms with van der Waals surface area (Å²) in [6, 6.07) is 6.57. The van der Waals surface area contributed by atoms with Crippen molar-refractivity contribution in [2.75, 3.05) is 0 Å². The number of rotatable bonds is 4. The zero-order chi connectivity index (χ0) is 13.1. The molecule has 5 heteroatoms. The van der Waals surface area contributed by atoms with Crippen LogP contribution in [0.1, 0.15) is 16.1 Å². The highest BCUT2D eigenvalue weighted by atomic mass is 16.4. The molecule has 2 aromatic heterocycles. The Hall–Kier alpha value is -2.30. The number of aromatic nitrogens is 2. The average molecular weight is 246 g/mol. The fourth-order valence-electron chi connectivity index (χ4n) is 1.88. The van der Waals surface area contributed by atoms with Gasteiger partial charge in [-0.1, -0.05) is 6.07 Å². The predicted octanol–water partition coefficient (Wildman–Crippen LogP) is 1.36. The monoisotopic (exact) mass is 246 g/mol. The summed E-state index contributed by atoms with van der Waals surface area (Å²) in [4.78, 5) is 22.4. The predicted molar refractivity (Wildman–Crippen MR) is 66.8 cm³/mol. The molecule has 0 bridgehead atoms. The molecule has 0 unspecified atom stereocenters. The van der Waals surface area contributed by atoms with Gasteiger partial charge in [0.1, 0.15) is 0 Å². The number of aryl methyl sites for hydroxylation is 2.